The second-order valence-corrected chi connectivity index (χ2v) is 10.3. The average Bonchev–Trinajstić information content (AvgIpc) is 3.56. The number of carbonyl (C=O) groups is 2. The number of hydrogen-bond acceptors (Lipinski definition) is 8. The third-order valence-corrected chi connectivity index (χ3v) is 6.87. The van der Waals surface area contributed by atoms with Crippen molar-refractivity contribution in [2.45, 2.75) is 17.5 Å². The molecule has 1 amide bonds. The molecule has 14 heteroatoms. The van der Waals surface area contributed by atoms with Crippen LogP contribution in [0.4, 0.5) is 5.69 Å². The van der Waals surface area contributed by atoms with Crippen LogP contribution in [0.2, 0.25) is 5.02 Å². The molecule has 2 aromatic carbocycles. The minimum atomic E-state index is -1.21. The maximum absolute atomic E-state index is 13.0. The zero-order chi connectivity index (χ0) is 27.9. The van der Waals surface area contributed by atoms with Crippen molar-refractivity contribution >= 4 is 46.4 Å². The number of aromatic carboxylic acids is 1. The first-order valence-electron chi connectivity index (χ1n) is 11.6. The van der Waals surface area contributed by atoms with Crippen molar-refractivity contribution in [1.29, 1.82) is 0 Å². The van der Waals surface area contributed by atoms with E-state index in [9.17, 15) is 14.1 Å². The molecule has 12 nitrogen and oxygen atoms in total. The highest BCUT2D eigenvalue weighted by molar-refractivity contribution is 7.90. The first kappa shape index (κ1) is 27.8. The molecule has 0 bridgehead atoms. The van der Waals surface area contributed by atoms with Gasteiger partial charge in [0.05, 0.1) is 23.0 Å². The maximum atomic E-state index is 13.0. The summed E-state index contributed by atoms with van der Waals surface area (Å²) < 4.78 is 15.0. The molecule has 2 atom stereocenters. The fourth-order valence-corrected chi connectivity index (χ4v) is 4.72. The van der Waals surface area contributed by atoms with Crippen LogP contribution in [0.1, 0.15) is 21.6 Å². The summed E-state index contributed by atoms with van der Waals surface area (Å²) >= 11 is 4.95. The van der Waals surface area contributed by atoms with Crippen molar-refractivity contribution in [3.63, 3.8) is 0 Å². The monoisotopic (exact) mass is 568 g/mol. The number of tetrazole rings is 1. The quantitative estimate of drug-likeness (QED) is 0.182. The summed E-state index contributed by atoms with van der Waals surface area (Å²) in [5.41, 5.74) is 2.81. The van der Waals surface area contributed by atoms with E-state index < -0.39 is 23.2 Å². The van der Waals surface area contributed by atoms with E-state index in [0.29, 0.717) is 45.6 Å². The number of carboxylic acids is 1. The molecule has 0 aliphatic rings. The summed E-state index contributed by atoms with van der Waals surface area (Å²) in [5, 5.41) is 32.0. The molecule has 4 rings (SSSR count). The molecule has 0 spiro atoms. The average molecular weight is 569 g/mol. The molecule has 1 unspecified atom stereocenters. The fraction of sp³-hybridized carbons (Fsp3) is 0.200. The highest BCUT2D eigenvalue weighted by atomic mass is 35.5. The van der Waals surface area contributed by atoms with E-state index in [1.165, 1.54) is 29.2 Å². The Kier molecular flexibility index (Phi) is 8.96. The Morgan fingerprint density at radius 2 is 1.97 bits per heavy atom. The van der Waals surface area contributed by atoms with Crippen molar-refractivity contribution in [3.05, 3.63) is 82.8 Å². The molecule has 0 aliphatic carbocycles. The van der Waals surface area contributed by atoms with E-state index >= 15 is 0 Å². The van der Waals surface area contributed by atoms with Crippen LogP contribution in [0.15, 0.2) is 66.0 Å². The number of nitrogens with zero attached hydrogens (tertiary/aromatic N) is 6. The third-order valence-electron chi connectivity index (χ3n) is 5.67. The topological polar surface area (TPSA) is 163 Å². The molecule has 0 saturated heterocycles. The molecule has 39 heavy (non-hydrogen) atoms. The molecular weight excluding hydrogens is 544 g/mol. The van der Waals surface area contributed by atoms with Gasteiger partial charge in [0.1, 0.15) is 12.6 Å². The summed E-state index contributed by atoms with van der Waals surface area (Å²) in [7, 11) is 1.71. The lowest BCUT2D eigenvalue weighted by molar-refractivity contribution is -0.117. The van der Waals surface area contributed by atoms with E-state index in [-0.39, 0.29) is 11.5 Å². The summed E-state index contributed by atoms with van der Waals surface area (Å²) in [6, 6.07) is 12.8. The van der Waals surface area contributed by atoms with Gasteiger partial charge >= 0.3 is 5.97 Å². The van der Waals surface area contributed by atoms with Crippen LogP contribution in [0.3, 0.4) is 0 Å². The summed E-state index contributed by atoms with van der Waals surface area (Å²) in [5.74, 6) is -1.37. The number of rotatable bonds is 11. The van der Waals surface area contributed by atoms with Crippen molar-refractivity contribution in [3.8, 4) is 5.69 Å². The molecular formula is C25H25ClN8O4S. The number of aromatic nitrogens is 6. The van der Waals surface area contributed by atoms with Crippen LogP contribution in [-0.2, 0) is 29.4 Å². The molecule has 3 N–H and O–H groups in total. The van der Waals surface area contributed by atoms with Crippen LogP contribution in [0.5, 0.6) is 0 Å². The van der Waals surface area contributed by atoms with Gasteiger partial charge in [-0.15, -0.1) is 5.10 Å². The number of carboxylic acid groups (broad SMARTS) is 1. The molecule has 0 fully saturated rings. The Morgan fingerprint density at radius 3 is 2.62 bits per heavy atom. The molecule has 0 aliphatic heterocycles. The number of halogens is 1. The number of anilines is 1. The smallest absolute Gasteiger partial charge is 0.335 e. The number of aryl methyl sites for hydroxylation is 1. The number of carbonyl (C=O) groups excluding carboxylic acids is 1. The van der Waals surface area contributed by atoms with Gasteiger partial charge in [0, 0.05) is 59.6 Å². The molecule has 4 aromatic rings. The van der Waals surface area contributed by atoms with Gasteiger partial charge in [-0.1, -0.05) is 11.6 Å². The summed E-state index contributed by atoms with van der Waals surface area (Å²) in [6.07, 6.45) is 6.38. The SMILES string of the molecule is Cn1nc(C[C@@H](CNc2ccc(C(=O)O)cc2)NC(=O)/C=C/c2cc(Cl)ccc2-n2cnnn2)cc1[S+](C)[O-]. The highest BCUT2D eigenvalue weighted by Gasteiger charge is 2.19. The summed E-state index contributed by atoms with van der Waals surface area (Å²) in [6.45, 7) is 0.320. The lowest BCUT2D eigenvalue weighted by Gasteiger charge is -2.18. The van der Waals surface area contributed by atoms with Gasteiger partial charge < -0.3 is 20.3 Å². The van der Waals surface area contributed by atoms with Gasteiger partial charge in [-0.3, -0.25) is 4.79 Å². The number of amides is 1. The molecule has 0 radical (unpaired) electrons. The third kappa shape index (κ3) is 7.44. The number of nitrogens with one attached hydrogen (secondary N) is 2. The maximum Gasteiger partial charge on any atom is 0.335 e. The molecule has 2 heterocycles. The van der Waals surface area contributed by atoms with E-state index in [2.05, 4.69) is 31.3 Å². The number of hydrogen-bond donors (Lipinski definition) is 3. The first-order chi connectivity index (χ1) is 18.7. The molecule has 0 saturated carbocycles. The normalized spacial score (nSPS) is 12.8. The van der Waals surface area contributed by atoms with Crippen molar-refractivity contribution < 1.29 is 19.2 Å². The van der Waals surface area contributed by atoms with Crippen LogP contribution in [-0.4, -0.2) is 70.4 Å². The summed E-state index contributed by atoms with van der Waals surface area (Å²) in [4.78, 5) is 24.1. The Hall–Kier alpha value is -4.20. The van der Waals surface area contributed by atoms with Crippen LogP contribution in [0.25, 0.3) is 11.8 Å². The second kappa shape index (κ2) is 12.6. The predicted molar refractivity (Wildman–Crippen MR) is 146 cm³/mol. The highest BCUT2D eigenvalue weighted by Crippen LogP contribution is 2.20. The lowest BCUT2D eigenvalue weighted by Crippen LogP contribution is -2.40. The molecule has 2 aromatic heterocycles. The van der Waals surface area contributed by atoms with Gasteiger partial charge in [-0.2, -0.15) is 9.78 Å². The van der Waals surface area contributed by atoms with Crippen LogP contribution < -0.4 is 10.6 Å². The van der Waals surface area contributed by atoms with E-state index in [1.807, 2.05) is 0 Å². The van der Waals surface area contributed by atoms with Crippen LogP contribution in [0, 0.1) is 0 Å². The van der Waals surface area contributed by atoms with Crippen molar-refractivity contribution in [1.82, 2.24) is 35.3 Å². The minimum Gasteiger partial charge on any atom is -0.610 e. The van der Waals surface area contributed by atoms with Gasteiger partial charge in [0.2, 0.25) is 10.9 Å². The Bertz CT molecular complexity index is 1470. The van der Waals surface area contributed by atoms with E-state index in [0.717, 1.165) is 0 Å². The van der Waals surface area contributed by atoms with Gasteiger partial charge in [0.25, 0.3) is 0 Å². The van der Waals surface area contributed by atoms with Crippen molar-refractivity contribution in [2.75, 3.05) is 18.1 Å². The lowest BCUT2D eigenvalue weighted by atomic mass is 10.1. The first-order valence-corrected chi connectivity index (χ1v) is 13.6. The zero-order valence-electron chi connectivity index (χ0n) is 21.0. The van der Waals surface area contributed by atoms with Gasteiger partial charge in [0.15, 0.2) is 0 Å². The Balaban J connectivity index is 1.50. The second-order valence-electron chi connectivity index (χ2n) is 8.52. The predicted octanol–water partition coefficient (Wildman–Crippen LogP) is 2.34. The van der Waals surface area contributed by atoms with Crippen LogP contribution >= 0.6 is 11.6 Å². The fourth-order valence-electron chi connectivity index (χ4n) is 3.83. The number of benzene rings is 2. The van der Waals surface area contributed by atoms with Crippen molar-refractivity contribution in [2.24, 2.45) is 7.05 Å². The minimum absolute atomic E-state index is 0.172. The van der Waals surface area contributed by atoms with Gasteiger partial charge in [-0.25, -0.2) is 9.48 Å². The zero-order valence-corrected chi connectivity index (χ0v) is 22.6. The van der Waals surface area contributed by atoms with Gasteiger partial charge in [-0.05, 0) is 59.0 Å². The standard InChI is InChI=1S/C25H25ClN8O4S/c1-33-24(39(2)38)13-20(30-33)12-21(14-27-19-7-3-16(4-8-19)25(36)37)29-23(35)10-5-17-11-18(26)6-9-22(17)34-15-28-31-32-34/h3-11,13,15,21,27H,12,14H2,1-2H3,(H,29,35)(H,36,37)/b10-5+/t21-,39?/m0/s1. The Labute approximate surface area is 231 Å². The van der Waals surface area contributed by atoms with E-state index in [1.54, 1.807) is 60.5 Å². The van der Waals surface area contributed by atoms with E-state index in [4.69, 9.17) is 16.7 Å². The Morgan fingerprint density at radius 1 is 1.21 bits per heavy atom. The molecule has 202 valence electrons. The largest absolute Gasteiger partial charge is 0.610 e.